The molecule has 144 valence electrons. The van der Waals surface area contributed by atoms with Crippen molar-refractivity contribution in [3.05, 3.63) is 0 Å². The Kier molecular flexibility index (Phi) is 9.29. The van der Waals surface area contributed by atoms with Gasteiger partial charge in [-0.2, -0.15) is 0 Å². The first kappa shape index (κ1) is 23.0. The van der Waals surface area contributed by atoms with E-state index in [0.29, 0.717) is 0 Å². The van der Waals surface area contributed by atoms with Gasteiger partial charge in [0.2, 0.25) is 11.9 Å². The highest BCUT2D eigenvalue weighted by Gasteiger charge is 2.40. The van der Waals surface area contributed by atoms with Crippen LogP contribution in [0.25, 0.3) is 0 Å². The van der Waals surface area contributed by atoms with Crippen molar-refractivity contribution in [3.8, 4) is 0 Å². The Labute approximate surface area is 139 Å². The van der Waals surface area contributed by atoms with Crippen molar-refractivity contribution in [2.24, 2.45) is 0 Å². The molecule has 0 saturated carbocycles. The molecule has 0 aliphatic carbocycles. The van der Waals surface area contributed by atoms with Crippen molar-refractivity contribution >= 4 is 24.0 Å². The summed E-state index contributed by atoms with van der Waals surface area (Å²) in [5.74, 6) is -5.41. The van der Waals surface area contributed by atoms with Crippen LogP contribution in [0.4, 0.5) is 0 Å². The molecule has 0 aliphatic heterocycles. The number of hydrogen-bond acceptors (Lipinski definition) is 12. The first-order chi connectivity index (χ1) is 11.5. The molecule has 0 saturated heterocycles. The fourth-order valence-electron chi connectivity index (χ4n) is 1.46. The van der Waals surface area contributed by atoms with Crippen molar-refractivity contribution in [1.82, 2.24) is 0 Å². The molecule has 0 fully saturated rings. The largest absolute Gasteiger partial charge is 0.479 e. The summed E-state index contributed by atoms with van der Waals surface area (Å²) in [5, 5.41) is 72.5. The Morgan fingerprint density at radius 2 is 1.36 bits per heavy atom. The van der Waals surface area contributed by atoms with Gasteiger partial charge in [0.15, 0.2) is 18.5 Å². The number of aliphatic hydroxyl groups excluding tert-OH is 7. The van der Waals surface area contributed by atoms with Crippen LogP contribution in [0.2, 0.25) is 0 Å². The second-order valence-electron chi connectivity index (χ2n) is 4.80. The van der Waals surface area contributed by atoms with Crippen LogP contribution in [0.1, 0.15) is 0 Å². The lowest BCUT2D eigenvalue weighted by Gasteiger charge is -2.24. The van der Waals surface area contributed by atoms with Gasteiger partial charge < -0.3 is 45.6 Å². The summed E-state index contributed by atoms with van der Waals surface area (Å²) in [4.78, 5) is 44.3. The van der Waals surface area contributed by atoms with Crippen LogP contribution < -0.4 is 0 Å². The molecule has 0 rings (SSSR count). The molecule has 8 N–H and O–H groups in total. The van der Waals surface area contributed by atoms with Crippen molar-refractivity contribution in [2.75, 3.05) is 6.61 Å². The summed E-state index contributed by atoms with van der Waals surface area (Å²) < 4.78 is 4.19. The maximum Gasteiger partial charge on any atom is 0.338 e. The van der Waals surface area contributed by atoms with E-state index in [1.807, 2.05) is 0 Å². The molecule has 13 nitrogen and oxygen atoms in total. The number of hydrogen-bond donors (Lipinski definition) is 8. The SMILES string of the molecule is O=C[C@H](OC(=O)[C@H](O)[C@@H](O)[C@H](O)[C@H](O)C(=O)O)C(=O)[C@H](O)[C@H](O)CO. The normalized spacial score (nSPS) is 19.6. The Hall–Kier alpha value is -2.00. The number of carboxylic acid groups (broad SMARTS) is 1. The number of Topliss-reactive ketones (excluding diaryl/α,β-unsaturated/α-hetero) is 1. The third-order valence-corrected chi connectivity index (χ3v) is 2.98. The summed E-state index contributed by atoms with van der Waals surface area (Å²) in [6.45, 7) is -1.06. The number of ether oxygens (including phenoxy) is 1. The molecule has 0 aromatic rings. The highest BCUT2D eigenvalue weighted by Crippen LogP contribution is 2.09. The molecule has 0 aliphatic rings. The van der Waals surface area contributed by atoms with Crippen LogP contribution in [0, 0.1) is 0 Å². The molecule has 0 radical (unpaired) electrons. The monoisotopic (exact) mass is 370 g/mol. The van der Waals surface area contributed by atoms with Crippen molar-refractivity contribution in [1.29, 1.82) is 0 Å². The number of carboxylic acids is 1. The van der Waals surface area contributed by atoms with Crippen LogP contribution in [-0.2, 0) is 23.9 Å². The maximum absolute atomic E-state index is 11.6. The van der Waals surface area contributed by atoms with Crippen molar-refractivity contribution in [3.63, 3.8) is 0 Å². The predicted octanol–water partition coefficient (Wildman–Crippen LogP) is -6.09. The summed E-state index contributed by atoms with van der Waals surface area (Å²) in [6, 6.07) is 0. The quantitative estimate of drug-likeness (QED) is 0.0960. The predicted molar refractivity (Wildman–Crippen MR) is 71.7 cm³/mol. The summed E-state index contributed by atoms with van der Waals surface area (Å²) in [7, 11) is 0. The average molecular weight is 370 g/mol. The number of rotatable bonds is 11. The van der Waals surface area contributed by atoms with E-state index in [-0.39, 0.29) is 6.29 Å². The Bertz CT molecular complexity index is 491. The Morgan fingerprint density at radius 3 is 1.76 bits per heavy atom. The van der Waals surface area contributed by atoms with Crippen molar-refractivity contribution in [2.45, 2.75) is 42.7 Å². The molecule has 0 bridgehead atoms. The van der Waals surface area contributed by atoms with Crippen LogP contribution in [-0.4, -0.2) is 114 Å². The molecule has 0 amide bonds. The van der Waals surface area contributed by atoms with Crippen LogP contribution in [0.5, 0.6) is 0 Å². The van der Waals surface area contributed by atoms with Gasteiger partial charge in [-0.3, -0.25) is 9.59 Å². The molecular weight excluding hydrogens is 352 g/mol. The van der Waals surface area contributed by atoms with Crippen molar-refractivity contribution < 1.29 is 64.8 Å². The molecule has 7 atom stereocenters. The van der Waals surface area contributed by atoms with Gasteiger partial charge in [-0.05, 0) is 0 Å². The minimum absolute atomic E-state index is 0.296. The van der Waals surface area contributed by atoms with E-state index in [1.54, 1.807) is 0 Å². The van der Waals surface area contributed by atoms with Gasteiger partial charge in [-0.25, -0.2) is 9.59 Å². The zero-order valence-corrected chi connectivity index (χ0v) is 12.4. The Balaban J connectivity index is 5.00. The van der Waals surface area contributed by atoms with Crippen LogP contribution in [0.3, 0.4) is 0 Å². The molecular formula is C12H18O13. The van der Waals surface area contributed by atoms with E-state index in [4.69, 9.17) is 20.4 Å². The number of ketones is 1. The lowest BCUT2D eigenvalue weighted by atomic mass is 10.0. The topological polar surface area (TPSA) is 239 Å². The molecule has 13 heteroatoms. The molecule has 0 aromatic heterocycles. The zero-order valence-electron chi connectivity index (χ0n) is 12.4. The minimum atomic E-state index is -2.67. The van der Waals surface area contributed by atoms with Gasteiger partial charge in [0, 0.05) is 0 Å². The highest BCUT2D eigenvalue weighted by molar-refractivity contribution is 6.01. The number of aldehydes is 1. The number of carbonyl (C=O) groups is 4. The second-order valence-corrected chi connectivity index (χ2v) is 4.80. The molecule has 25 heavy (non-hydrogen) atoms. The molecule has 0 unspecified atom stereocenters. The summed E-state index contributed by atoms with van der Waals surface area (Å²) in [5.41, 5.74) is 0. The fourth-order valence-corrected chi connectivity index (χ4v) is 1.46. The average Bonchev–Trinajstić information content (AvgIpc) is 2.60. The fraction of sp³-hybridized carbons (Fsp3) is 0.667. The maximum atomic E-state index is 11.6. The number of esters is 1. The van der Waals surface area contributed by atoms with Gasteiger partial charge in [0.25, 0.3) is 0 Å². The van der Waals surface area contributed by atoms with Gasteiger partial charge >= 0.3 is 11.9 Å². The van der Waals surface area contributed by atoms with Gasteiger partial charge in [0.1, 0.15) is 24.4 Å². The van der Waals surface area contributed by atoms with Gasteiger partial charge in [-0.1, -0.05) is 0 Å². The van der Waals surface area contributed by atoms with Crippen LogP contribution in [0.15, 0.2) is 0 Å². The van der Waals surface area contributed by atoms with E-state index in [9.17, 15) is 39.6 Å². The van der Waals surface area contributed by atoms with Crippen LogP contribution >= 0.6 is 0 Å². The van der Waals surface area contributed by atoms with E-state index < -0.39 is 67.1 Å². The second kappa shape index (κ2) is 10.1. The number of carbonyl (C=O) groups excluding carboxylic acids is 3. The number of aliphatic carboxylic acids is 1. The van der Waals surface area contributed by atoms with E-state index in [0.717, 1.165) is 0 Å². The van der Waals surface area contributed by atoms with E-state index >= 15 is 0 Å². The third kappa shape index (κ3) is 6.09. The lowest BCUT2D eigenvalue weighted by molar-refractivity contribution is -0.182. The number of aliphatic hydroxyl groups is 7. The smallest absolute Gasteiger partial charge is 0.338 e. The Morgan fingerprint density at radius 1 is 0.880 bits per heavy atom. The van der Waals surface area contributed by atoms with E-state index in [2.05, 4.69) is 4.74 Å². The molecule has 0 aromatic carbocycles. The molecule has 0 heterocycles. The lowest BCUT2D eigenvalue weighted by Crippen LogP contribution is -2.52. The molecule has 0 spiro atoms. The first-order valence-corrected chi connectivity index (χ1v) is 6.61. The van der Waals surface area contributed by atoms with Gasteiger partial charge in [-0.15, -0.1) is 0 Å². The first-order valence-electron chi connectivity index (χ1n) is 6.61. The summed E-state index contributed by atoms with van der Waals surface area (Å²) in [6.07, 6.45) is -17.3. The van der Waals surface area contributed by atoms with Gasteiger partial charge in [0.05, 0.1) is 6.61 Å². The standard InChI is InChI=1S/C12H18O13/c13-1-3(15)5(16)6(17)4(2-14)25-12(24)10(21)8(19)7(18)9(20)11(22)23/h2-5,7-10,13,15-16,18-21H,1H2,(H,22,23)/t3-,4+,5-,7+,8+,9+,10-/m1/s1. The zero-order chi connectivity index (χ0) is 19.9. The third-order valence-electron chi connectivity index (χ3n) is 2.98. The summed E-state index contributed by atoms with van der Waals surface area (Å²) >= 11 is 0. The minimum Gasteiger partial charge on any atom is -0.479 e. The van der Waals surface area contributed by atoms with E-state index in [1.165, 1.54) is 0 Å². The highest BCUT2D eigenvalue weighted by atomic mass is 16.6.